The van der Waals surface area contributed by atoms with Crippen LogP contribution in [0, 0.1) is 12.7 Å². The first-order valence-corrected chi connectivity index (χ1v) is 6.36. The average Bonchev–Trinajstić information content (AvgIpc) is 2.67. The van der Waals surface area contributed by atoms with Gasteiger partial charge in [-0.05, 0) is 42.7 Å². The van der Waals surface area contributed by atoms with Crippen molar-refractivity contribution in [2.24, 2.45) is 0 Å². The van der Waals surface area contributed by atoms with Crippen molar-refractivity contribution in [3.05, 3.63) is 41.3 Å². The smallest absolute Gasteiger partial charge is 0.187 e. The van der Waals surface area contributed by atoms with Crippen LogP contribution in [-0.2, 0) is 0 Å². The van der Waals surface area contributed by atoms with E-state index in [1.807, 2.05) is 20.8 Å². The molecule has 0 amide bonds. The van der Waals surface area contributed by atoms with Gasteiger partial charge in [0, 0.05) is 5.56 Å². The van der Waals surface area contributed by atoms with Crippen molar-refractivity contribution in [3.8, 4) is 11.3 Å². The third-order valence-electron chi connectivity index (χ3n) is 2.87. The second-order valence-corrected chi connectivity index (χ2v) is 4.95. The average molecular weight is 268 g/mol. The highest BCUT2D eigenvalue weighted by atomic mass is 32.2. The highest BCUT2D eigenvalue weighted by molar-refractivity contribution is 7.92. The van der Waals surface area contributed by atoms with Gasteiger partial charge in [-0.15, -0.1) is 3.89 Å². The van der Waals surface area contributed by atoms with E-state index >= 15 is 0 Å². The summed E-state index contributed by atoms with van der Waals surface area (Å²) in [5, 5.41) is 4.23. The van der Waals surface area contributed by atoms with Crippen molar-refractivity contribution in [2.75, 3.05) is 0 Å². The summed E-state index contributed by atoms with van der Waals surface area (Å²) in [5.74, 6) is -0.116. The van der Waals surface area contributed by atoms with Gasteiger partial charge in [-0.2, -0.15) is 9.19 Å². The highest BCUT2D eigenvalue weighted by Crippen LogP contribution is 2.31. The maximum atomic E-state index is 12.9. The summed E-state index contributed by atoms with van der Waals surface area (Å²) in [6, 6.07) is 6.07. The van der Waals surface area contributed by atoms with Crippen LogP contribution in [0.2, 0.25) is 0 Å². The summed E-state index contributed by atoms with van der Waals surface area (Å²) < 4.78 is 27.1. The first kappa shape index (κ1) is 13.1. The van der Waals surface area contributed by atoms with Crippen LogP contribution in [0.1, 0.15) is 31.0 Å². The molecule has 2 nitrogen and oxygen atoms in total. The van der Waals surface area contributed by atoms with Gasteiger partial charge < -0.3 is 0 Å². The molecule has 0 saturated carbocycles. The second kappa shape index (κ2) is 5.10. The minimum Gasteiger partial charge on any atom is -0.207 e. The van der Waals surface area contributed by atoms with Crippen LogP contribution in [-0.4, -0.2) is 9.19 Å². The van der Waals surface area contributed by atoms with Gasteiger partial charge >= 0.3 is 0 Å². The molecule has 0 aliphatic rings. The van der Waals surface area contributed by atoms with Crippen LogP contribution in [0.15, 0.2) is 24.3 Å². The fourth-order valence-corrected chi connectivity index (χ4v) is 2.61. The molecule has 0 N–H and O–H groups in total. The number of halogens is 2. The standard InChI is InChI=1S/C13H14F2N2S/c1-8(2)13-9(3)12(16-17(13)18-15)10-4-6-11(14)7-5-10/h4-8H,1-3H3. The lowest BCUT2D eigenvalue weighted by atomic mass is 10.0. The maximum Gasteiger partial charge on any atom is 0.187 e. The summed E-state index contributed by atoms with van der Waals surface area (Å²) in [6.45, 7) is 5.89. The van der Waals surface area contributed by atoms with Gasteiger partial charge in [-0.25, -0.2) is 4.39 Å². The van der Waals surface area contributed by atoms with Gasteiger partial charge in [0.25, 0.3) is 0 Å². The molecule has 2 rings (SSSR count). The Balaban J connectivity index is 2.55. The Bertz CT molecular complexity index is 547. The molecular weight excluding hydrogens is 254 g/mol. The van der Waals surface area contributed by atoms with E-state index in [0.29, 0.717) is 5.69 Å². The minimum absolute atomic E-state index is 0.0880. The number of nitrogens with zero attached hydrogens (tertiary/aromatic N) is 2. The number of hydrogen-bond donors (Lipinski definition) is 0. The predicted molar refractivity (Wildman–Crippen MR) is 70.5 cm³/mol. The molecule has 0 fully saturated rings. The quantitative estimate of drug-likeness (QED) is 0.815. The van der Waals surface area contributed by atoms with Gasteiger partial charge in [0.05, 0.1) is 11.4 Å². The van der Waals surface area contributed by atoms with Crippen molar-refractivity contribution >= 4 is 12.3 Å². The number of rotatable bonds is 3. The molecule has 0 bridgehead atoms. The third-order valence-corrected chi connectivity index (χ3v) is 3.28. The summed E-state index contributed by atoms with van der Waals surface area (Å²) in [5.41, 5.74) is 3.27. The number of aromatic nitrogens is 2. The van der Waals surface area contributed by atoms with Crippen LogP contribution in [0.25, 0.3) is 11.3 Å². The Morgan fingerprint density at radius 2 is 1.83 bits per heavy atom. The molecule has 1 heterocycles. The molecule has 96 valence electrons. The Labute approximate surface area is 109 Å². The van der Waals surface area contributed by atoms with Gasteiger partial charge in [0.2, 0.25) is 0 Å². The SMILES string of the molecule is Cc1c(-c2ccc(F)cc2)nn(SF)c1C(C)C. The minimum atomic E-state index is -0.292. The summed E-state index contributed by atoms with van der Waals surface area (Å²) in [7, 11) is 0. The van der Waals surface area contributed by atoms with Crippen LogP contribution in [0.3, 0.4) is 0 Å². The molecule has 0 aliphatic heterocycles. The van der Waals surface area contributed by atoms with E-state index in [9.17, 15) is 8.28 Å². The molecule has 1 aromatic heterocycles. The van der Waals surface area contributed by atoms with Crippen molar-refractivity contribution in [2.45, 2.75) is 26.7 Å². The van der Waals surface area contributed by atoms with E-state index in [1.54, 1.807) is 12.1 Å². The lowest BCUT2D eigenvalue weighted by Crippen LogP contribution is -1.98. The molecule has 0 aliphatic carbocycles. The normalized spacial score (nSPS) is 11.2. The zero-order valence-corrected chi connectivity index (χ0v) is 11.3. The highest BCUT2D eigenvalue weighted by Gasteiger charge is 2.18. The molecule has 0 radical (unpaired) electrons. The van der Waals surface area contributed by atoms with Gasteiger partial charge in [-0.1, -0.05) is 13.8 Å². The summed E-state index contributed by atoms with van der Waals surface area (Å²) in [6.07, 6.45) is 0. The van der Waals surface area contributed by atoms with E-state index in [1.165, 1.54) is 16.2 Å². The Morgan fingerprint density at radius 1 is 1.22 bits per heavy atom. The Kier molecular flexibility index (Phi) is 3.71. The molecule has 0 unspecified atom stereocenters. The van der Waals surface area contributed by atoms with Crippen molar-refractivity contribution in [1.29, 1.82) is 0 Å². The lowest BCUT2D eigenvalue weighted by Gasteiger charge is -2.06. The van der Waals surface area contributed by atoms with Crippen LogP contribution < -0.4 is 0 Å². The largest absolute Gasteiger partial charge is 0.207 e. The molecule has 18 heavy (non-hydrogen) atoms. The molecule has 5 heteroatoms. The Morgan fingerprint density at radius 3 is 2.28 bits per heavy atom. The molecule has 0 atom stereocenters. The van der Waals surface area contributed by atoms with E-state index in [2.05, 4.69) is 5.10 Å². The summed E-state index contributed by atoms with van der Waals surface area (Å²) >= 11 is 0.0880. The summed E-state index contributed by atoms with van der Waals surface area (Å²) in [4.78, 5) is 0. The molecule has 2 aromatic rings. The zero-order chi connectivity index (χ0) is 13.3. The number of hydrogen-bond acceptors (Lipinski definition) is 2. The fraction of sp³-hybridized carbons (Fsp3) is 0.308. The van der Waals surface area contributed by atoms with Crippen molar-refractivity contribution in [3.63, 3.8) is 0 Å². The zero-order valence-electron chi connectivity index (χ0n) is 10.4. The second-order valence-electron chi connectivity index (χ2n) is 4.46. The third kappa shape index (κ3) is 2.27. The first-order chi connectivity index (χ1) is 8.54. The van der Waals surface area contributed by atoms with Crippen LogP contribution in [0.5, 0.6) is 0 Å². The topological polar surface area (TPSA) is 17.8 Å². The van der Waals surface area contributed by atoms with E-state index < -0.39 is 0 Å². The molecule has 0 spiro atoms. The first-order valence-electron chi connectivity index (χ1n) is 5.69. The predicted octanol–water partition coefficient (Wildman–Crippen LogP) is 4.50. The van der Waals surface area contributed by atoms with Gasteiger partial charge in [0.1, 0.15) is 5.82 Å². The van der Waals surface area contributed by atoms with E-state index in [4.69, 9.17) is 0 Å². The van der Waals surface area contributed by atoms with Crippen LogP contribution in [0.4, 0.5) is 8.28 Å². The maximum absolute atomic E-state index is 12.9. The fourth-order valence-electron chi connectivity index (χ4n) is 2.07. The number of benzene rings is 1. The Hall–Kier alpha value is -1.36. The van der Waals surface area contributed by atoms with Gasteiger partial charge in [0.15, 0.2) is 12.3 Å². The monoisotopic (exact) mass is 268 g/mol. The lowest BCUT2D eigenvalue weighted by molar-refractivity contribution is 0.628. The molecule has 0 saturated heterocycles. The molecular formula is C13H14F2N2S. The van der Waals surface area contributed by atoms with Crippen molar-refractivity contribution in [1.82, 2.24) is 9.19 Å². The van der Waals surface area contributed by atoms with Gasteiger partial charge in [-0.3, -0.25) is 0 Å². The van der Waals surface area contributed by atoms with E-state index in [0.717, 1.165) is 16.8 Å². The van der Waals surface area contributed by atoms with Crippen LogP contribution >= 0.6 is 12.3 Å². The molecule has 1 aromatic carbocycles. The van der Waals surface area contributed by atoms with Crippen molar-refractivity contribution < 1.29 is 8.28 Å². The van der Waals surface area contributed by atoms with E-state index in [-0.39, 0.29) is 24.1 Å².